The minimum atomic E-state index is -0.823. The highest BCUT2D eigenvalue weighted by atomic mass is 31.1. The van der Waals surface area contributed by atoms with Gasteiger partial charge in [-0.15, -0.1) is 0 Å². The fraction of sp³-hybridized carbons (Fsp3) is 0.200. The molecule has 0 N–H and O–H groups in total. The third kappa shape index (κ3) is 5.57. The highest BCUT2D eigenvalue weighted by Crippen LogP contribution is 2.63. The quantitative estimate of drug-likeness (QED) is 0.206. The van der Waals surface area contributed by atoms with Crippen molar-refractivity contribution in [1.29, 1.82) is 0 Å². The second-order valence-corrected chi connectivity index (χ2v) is 16.2. The number of fused-ring (bicyclic) bond motifs is 3. The van der Waals surface area contributed by atoms with Crippen molar-refractivity contribution in [1.82, 2.24) is 0 Å². The van der Waals surface area contributed by atoms with Crippen molar-refractivity contribution in [3.8, 4) is 0 Å². The molecule has 220 valence electrons. The molecule has 4 aromatic carbocycles. The van der Waals surface area contributed by atoms with Gasteiger partial charge in [-0.2, -0.15) is 0 Å². The van der Waals surface area contributed by atoms with Crippen molar-refractivity contribution < 1.29 is 9.47 Å². The number of ether oxygens (including phenoxy) is 2. The number of hydrogen-bond acceptors (Lipinski definition) is 2. The van der Waals surface area contributed by atoms with Gasteiger partial charge in [-0.1, -0.05) is 159 Å². The summed E-state index contributed by atoms with van der Waals surface area (Å²) < 4.78 is 13.6. The Morgan fingerprint density at radius 3 is 1.70 bits per heavy atom. The van der Waals surface area contributed by atoms with E-state index in [1.165, 1.54) is 26.5 Å². The van der Waals surface area contributed by atoms with Crippen LogP contribution in [-0.4, -0.2) is 25.0 Å². The maximum Gasteiger partial charge on any atom is 0.103 e. The van der Waals surface area contributed by atoms with Gasteiger partial charge >= 0.3 is 0 Å². The molecule has 1 saturated heterocycles. The van der Waals surface area contributed by atoms with Crippen molar-refractivity contribution in [3.63, 3.8) is 0 Å². The summed E-state index contributed by atoms with van der Waals surface area (Å²) in [5.74, 6) is 1.16. The normalized spacial score (nSPS) is 24.7. The number of benzene rings is 4. The van der Waals surface area contributed by atoms with Crippen molar-refractivity contribution in [2.24, 2.45) is 11.3 Å². The smallest absolute Gasteiger partial charge is 0.103 e. The van der Waals surface area contributed by atoms with E-state index in [4.69, 9.17) is 9.47 Å². The molecule has 2 aliphatic carbocycles. The summed E-state index contributed by atoms with van der Waals surface area (Å²) in [4.78, 5) is 0. The summed E-state index contributed by atoms with van der Waals surface area (Å²) in [6.45, 7) is 3.81. The molecule has 4 aromatic rings. The molecule has 0 amide bonds. The lowest BCUT2D eigenvalue weighted by atomic mass is 9.67. The zero-order valence-electron chi connectivity index (χ0n) is 25.1. The van der Waals surface area contributed by atoms with Crippen LogP contribution in [0.4, 0.5) is 0 Å². The fourth-order valence-corrected chi connectivity index (χ4v) is 12.8. The van der Waals surface area contributed by atoms with E-state index >= 15 is 0 Å². The summed E-state index contributed by atoms with van der Waals surface area (Å²) in [7, 11) is -1.60. The number of allylic oxidation sites excluding steroid dienone is 6. The van der Waals surface area contributed by atoms with Gasteiger partial charge in [0.25, 0.3) is 0 Å². The number of rotatable bonds is 6. The van der Waals surface area contributed by atoms with Gasteiger partial charge in [-0.3, -0.25) is 0 Å². The van der Waals surface area contributed by atoms with E-state index in [0.29, 0.717) is 13.2 Å². The van der Waals surface area contributed by atoms with Crippen LogP contribution in [0.5, 0.6) is 0 Å². The topological polar surface area (TPSA) is 18.5 Å². The van der Waals surface area contributed by atoms with E-state index in [1.807, 2.05) is 0 Å². The highest BCUT2D eigenvalue weighted by molar-refractivity contribution is 7.76. The SMILES string of the molecule is CC12C(=CC=C[C@@H]1P(c1ccccc1)c1ccccc1)OCCCOC1C=CC=C(P(c3ccccc3)c3ccccc3)[C@H]12. The minimum absolute atomic E-state index is 0.0556. The Morgan fingerprint density at radius 1 is 0.614 bits per heavy atom. The predicted octanol–water partition coefficient (Wildman–Crippen LogP) is 7.96. The first-order valence-electron chi connectivity index (χ1n) is 15.6. The maximum absolute atomic E-state index is 6.83. The molecular formula is C40H38O2P2. The van der Waals surface area contributed by atoms with E-state index in [2.05, 4.69) is 165 Å². The van der Waals surface area contributed by atoms with Crippen LogP contribution in [0.25, 0.3) is 0 Å². The molecule has 0 aromatic heterocycles. The zero-order valence-corrected chi connectivity index (χ0v) is 26.9. The summed E-state index contributed by atoms with van der Waals surface area (Å²) in [5.41, 5.74) is -0.170. The Hall–Kier alpha value is -3.54. The van der Waals surface area contributed by atoms with Crippen LogP contribution in [0.2, 0.25) is 0 Å². The molecule has 44 heavy (non-hydrogen) atoms. The van der Waals surface area contributed by atoms with Crippen LogP contribution in [0, 0.1) is 11.3 Å². The van der Waals surface area contributed by atoms with Gasteiger partial charge in [-0.25, -0.2) is 0 Å². The Bertz CT molecular complexity index is 1590. The molecule has 4 heteroatoms. The third-order valence-corrected chi connectivity index (χ3v) is 14.6. The molecule has 0 bridgehead atoms. The molecule has 2 unspecified atom stereocenters. The standard InChI is InChI=1S/C40H38O2P2/c1-40-37(27-15-28-38(40)44(33-21-10-4-11-22-33)34-23-12-5-13-24-34)42-30-16-29-41-35-25-14-26-36(39(35)40)43(31-17-6-2-7-18-31)32-19-8-3-9-20-32/h2-15,17-28,35,38-39H,16,29-30H2,1H3/t35?,38-,39-,40?/m0/s1. The molecule has 4 atom stereocenters. The monoisotopic (exact) mass is 612 g/mol. The van der Waals surface area contributed by atoms with Gasteiger partial charge in [0.2, 0.25) is 0 Å². The lowest BCUT2D eigenvalue weighted by Gasteiger charge is -2.51. The second kappa shape index (κ2) is 13.2. The van der Waals surface area contributed by atoms with Gasteiger partial charge < -0.3 is 9.47 Å². The van der Waals surface area contributed by atoms with Crippen molar-refractivity contribution in [2.45, 2.75) is 25.1 Å². The van der Waals surface area contributed by atoms with Gasteiger partial charge in [0.15, 0.2) is 0 Å². The van der Waals surface area contributed by atoms with Crippen molar-refractivity contribution in [3.05, 3.63) is 169 Å². The zero-order chi connectivity index (χ0) is 29.8. The number of hydrogen-bond donors (Lipinski definition) is 0. The van der Waals surface area contributed by atoms with Crippen molar-refractivity contribution >= 4 is 37.1 Å². The summed E-state index contributed by atoms with van der Waals surface area (Å²) >= 11 is 0. The molecule has 1 fully saturated rings. The van der Waals surface area contributed by atoms with E-state index < -0.39 is 15.8 Å². The molecule has 1 aliphatic heterocycles. The lowest BCUT2D eigenvalue weighted by Crippen LogP contribution is -2.49. The third-order valence-electron chi connectivity index (χ3n) is 9.04. The summed E-state index contributed by atoms with van der Waals surface area (Å²) in [6.07, 6.45) is 14.7. The fourth-order valence-electron chi connectivity index (χ4n) is 7.04. The average Bonchev–Trinajstić information content (AvgIpc) is 3.15. The van der Waals surface area contributed by atoms with E-state index in [9.17, 15) is 0 Å². The van der Waals surface area contributed by atoms with Crippen LogP contribution in [0.15, 0.2) is 169 Å². The Labute approximate surface area is 264 Å². The Balaban J connectivity index is 1.45. The van der Waals surface area contributed by atoms with Gasteiger partial charge in [0.05, 0.1) is 19.3 Å². The second-order valence-electron chi connectivity index (χ2n) is 11.7. The maximum atomic E-state index is 6.83. The largest absolute Gasteiger partial charge is 0.497 e. The Morgan fingerprint density at radius 2 is 1.14 bits per heavy atom. The minimum Gasteiger partial charge on any atom is -0.497 e. The molecule has 1 heterocycles. The molecule has 0 radical (unpaired) electrons. The lowest BCUT2D eigenvalue weighted by molar-refractivity contribution is 0.0237. The molecule has 0 spiro atoms. The molecule has 0 saturated carbocycles. The van der Waals surface area contributed by atoms with Crippen LogP contribution in [0.1, 0.15) is 13.3 Å². The first-order valence-corrected chi connectivity index (χ1v) is 18.3. The Kier molecular flexibility index (Phi) is 8.77. The summed E-state index contributed by atoms with van der Waals surface area (Å²) in [5, 5.41) is 6.93. The first-order chi connectivity index (χ1) is 21.7. The summed E-state index contributed by atoms with van der Waals surface area (Å²) in [6, 6.07) is 44.4. The van der Waals surface area contributed by atoms with E-state index in [0.717, 1.165) is 12.2 Å². The van der Waals surface area contributed by atoms with E-state index in [-0.39, 0.29) is 23.1 Å². The molecular weight excluding hydrogens is 574 g/mol. The van der Waals surface area contributed by atoms with E-state index in [1.54, 1.807) is 0 Å². The molecule has 3 aliphatic rings. The predicted molar refractivity (Wildman–Crippen MR) is 188 cm³/mol. The van der Waals surface area contributed by atoms with Crippen molar-refractivity contribution in [2.75, 3.05) is 13.2 Å². The highest BCUT2D eigenvalue weighted by Gasteiger charge is 2.54. The molecule has 2 nitrogen and oxygen atoms in total. The molecule has 7 rings (SSSR count). The van der Waals surface area contributed by atoms with Crippen LogP contribution in [0.3, 0.4) is 0 Å². The van der Waals surface area contributed by atoms with Crippen LogP contribution >= 0.6 is 15.8 Å². The van der Waals surface area contributed by atoms with Gasteiger partial charge in [0.1, 0.15) is 5.76 Å². The van der Waals surface area contributed by atoms with Crippen LogP contribution in [-0.2, 0) is 9.47 Å². The first kappa shape index (κ1) is 29.2. The van der Waals surface area contributed by atoms with Crippen LogP contribution < -0.4 is 21.2 Å². The average molecular weight is 613 g/mol. The van der Waals surface area contributed by atoms with Gasteiger partial charge in [-0.05, 0) is 48.5 Å². The van der Waals surface area contributed by atoms with Gasteiger partial charge in [0, 0.05) is 23.4 Å².